The molecule has 4 nitrogen and oxygen atoms in total. The molecule has 0 aliphatic heterocycles. The molecule has 1 aromatic heterocycles. The minimum absolute atomic E-state index is 0.202. The van der Waals surface area contributed by atoms with Crippen molar-refractivity contribution in [1.82, 2.24) is 9.97 Å². The van der Waals surface area contributed by atoms with E-state index in [-0.39, 0.29) is 5.69 Å². The lowest BCUT2D eigenvalue weighted by Crippen LogP contribution is -2.11. The van der Waals surface area contributed by atoms with Gasteiger partial charge in [-0.1, -0.05) is 82.3 Å². The van der Waals surface area contributed by atoms with E-state index >= 15 is 0 Å². The van der Waals surface area contributed by atoms with E-state index in [0.29, 0.717) is 5.75 Å². The lowest BCUT2D eigenvalue weighted by Gasteiger charge is -2.07. The molecule has 32 heavy (non-hydrogen) atoms. The van der Waals surface area contributed by atoms with E-state index in [1.54, 1.807) is 6.20 Å². The molecule has 0 aliphatic carbocycles. The number of rotatable bonds is 12. The number of aromatic nitrogens is 2. The molecule has 1 heterocycles. The second-order valence-electron chi connectivity index (χ2n) is 8.29. The number of unbranched alkanes of at least 4 members (excludes halogenated alkanes) is 5. The summed E-state index contributed by atoms with van der Waals surface area (Å²) in [6.45, 7) is 4.43. The van der Waals surface area contributed by atoms with E-state index in [4.69, 9.17) is 4.74 Å². The van der Waals surface area contributed by atoms with Crippen LogP contribution in [0.1, 0.15) is 80.4 Å². The Hall–Kier alpha value is -3.01. The highest BCUT2D eigenvalue weighted by atomic mass is 16.5. The second kappa shape index (κ2) is 12.7. The molecule has 3 aromatic rings. The number of nitrogens with zero attached hydrogens (tertiary/aromatic N) is 2. The first-order valence-electron chi connectivity index (χ1n) is 11.9. The van der Waals surface area contributed by atoms with Crippen molar-refractivity contribution in [3.05, 3.63) is 77.7 Å². The maximum absolute atomic E-state index is 12.4. The van der Waals surface area contributed by atoms with Gasteiger partial charge in [0.05, 0.1) is 18.1 Å². The SMILES string of the molecule is CCCCCCCc1ccc(OC(=O)c2cnc(-c3ccc(CCCC)cc3)cn2)cc1. The van der Waals surface area contributed by atoms with Gasteiger partial charge >= 0.3 is 5.97 Å². The van der Waals surface area contributed by atoms with Crippen LogP contribution in [-0.4, -0.2) is 15.9 Å². The number of hydrogen-bond acceptors (Lipinski definition) is 4. The van der Waals surface area contributed by atoms with Crippen molar-refractivity contribution < 1.29 is 9.53 Å². The summed E-state index contributed by atoms with van der Waals surface area (Å²) in [6, 6.07) is 16.1. The van der Waals surface area contributed by atoms with E-state index in [1.807, 2.05) is 24.3 Å². The zero-order valence-corrected chi connectivity index (χ0v) is 19.3. The number of aryl methyl sites for hydroxylation is 2. The van der Waals surface area contributed by atoms with Crippen molar-refractivity contribution in [2.24, 2.45) is 0 Å². The molecule has 0 unspecified atom stereocenters. The number of carbonyl (C=O) groups is 1. The molecule has 0 atom stereocenters. The third kappa shape index (κ3) is 7.30. The first kappa shape index (κ1) is 23.6. The van der Waals surface area contributed by atoms with E-state index < -0.39 is 5.97 Å². The molecular weight excluding hydrogens is 396 g/mol. The van der Waals surface area contributed by atoms with Crippen LogP contribution in [0.25, 0.3) is 11.3 Å². The summed E-state index contributed by atoms with van der Waals surface area (Å²) in [4.78, 5) is 21.1. The largest absolute Gasteiger partial charge is 0.422 e. The van der Waals surface area contributed by atoms with Crippen molar-refractivity contribution >= 4 is 5.97 Å². The van der Waals surface area contributed by atoms with Crippen LogP contribution in [0.4, 0.5) is 0 Å². The molecule has 168 valence electrons. The average Bonchev–Trinajstić information content (AvgIpc) is 2.84. The zero-order chi connectivity index (χ0) is 22.6. The maximum atomic E-state index is 12.4. The quantitative estimate of drug-likeness (QED) is 0.173. The molecule has 0 fully saturated rings. The van der Waals surface area contributed by atoms with Crippen molar-refractivity contribution in [3.8, 4) is 17.0 Å². The molecule has 0 radical (unpaired) electrons. The minimum Gasteiger partial charge on any atom is -0.422 e. The number of esters is 1. The highest BCUT2D eigenvalue weighted by molar-refractivity contribution is 5.88. The van der Waals surface area contributed by atoms with E-state index in [1.165, 1.54) is 62.3 Å². The Labute approximate surface area is 192 Å². The number of hydrogen-bond donors (Lipinski definition) is 0. The summed E-state index contributed by atoms with van der Waals surface area (Å²) >= 11 is 0. The second-order valence-corrected chi connectivity index (χ2v) is 8.29. The van der Waals surface area contributed by atoms with Gasteiger partial charge in [0.15, 0.2) is 5.69 Å². The monoisotopic (exact) mass is 430 g/mol. The molecule has 4 heteroatoms. The molecule has 0 aliphatic rings. The number of carbonyl (C=O) groups excluding carboxylic acids is 1. The fourth-order valence-corrected chi connectivity index (χ4v) is 3.62. The Bertz CT molecular complexity index is 948. The molecule has 0 spiro atoms. The Kier molecular flexibility index (Phi) is 9.42. The van der Waals surface area contributed by atoms with Gasteiger partial charge in [0, 0.05) is 5.56 Å². The first-order chi connectivity index (χ1) is 15.7. The van der Waals surface area contributed by atoms with Gasteiger partial charge in [-0.15, -0.1) is 0 Å². The van der Waals surface area contributed by atoms with Crippen LogP contribution < -0.4 is 4.74 Å². The first-order valence-corrected chi connectivity index (χ1v) is 11.9. The van der Waals surface area contributed by atoms with Crippen LogP contribution in [0.3, 0.4) is 0 Å². The normalized spacial score (nSPS) is 10.8. The molecule has 0 saturated carbocycles. The Morgan fingerprint density at radius 2 is 1.34 bits per heavy atom. The molecule has 0 bridgehead atoms. The molecule has 0 N–H and O–H groups in total. The van der Waals surface area contributed by atoms with E-state index in [9.17, 15) is 4.79 Å². The van der Waals surface area contributed by atoms with Gasteiger partial charge in [-0.3, -0.25) is 4.98 Å². The lowest BCUT2D eigenvalue weighted by atomic mass is 10.1. The molecule has 0 saturated heterocycles. The predicted octanol–water partition coefficient (Wildman–Crippen LogP) is 7.22. The Morgan fingerprint density at radius 1 is 0.719 bits per heavy atom. The summed E-state index contributed by atoms with van der Waals surface area (Å²) in [5.41, 5.74) is 4.53. The van der Waals surface area contributed by atoms with Gasteiger partial charge in [-0.05, 0) is 48.9 Å². The number of benzene rings is 2. The summed E-state index contributed by atoms with van der Waals surface area (Å²) in [6.07, 6.45) is 14.0. The van der Waals surface area contributed by atoms with Crippen LogP contribution in [0, 0.1) is 0 Å². The number of ether oxygens (including phenoxy) is 1. The van der Waals surface area contributed by atoms with Crippen molar-refractivity contribution in [2.75, 3.05) is 0 Å². The van der Waals surface area contributed by atoms with E-state index in [2.05, 4.69) is 48.1 Å². The van der Waals surface area contributed by atoms with Gasteiger partial charge in [0.25, 0.3) is 0 Å². The lowest BCUT2D eigenvalue weighted by molar-refractivity contribution is 0.0728. The van der Waals surface area contributed by atoms with E-state index in [0.717, 1.165) is 24.1 Å². The maximum Gasteiger partial charge on any atom is 0.363 e. The third-order valence-electron chi connectivity index (χ3n) is 5.63. The van der Waals surface area contributed by atoms with Gasteiger partial charge in [-0.25, -0.2) is 9.78 Å². The highest BCUT2D eigenvalue weighted by Gasteiger charge is 2.12. The summed E-state index contributed by atoms with van der Waals surface area (Å²) in [5, 5.41) is 0. The van der Waals surface area contributed by atoms with Crippen LogP contribution >= 0.6 is 0 Å². The molecule has 0 amide bonds. The fourth-order valence-electron chi connectivity index (χ4n) is 3.62. The predicted molar refractivity (Wildman–Crippen MR) is 130 cm³/mol. The van der Waals surface area contributed by atoms with Crippen LogP contribution in [0.2, 0.25) is 0 Å². The van der Waals surface area contributed by atoms with Gasteiger partial charge in [0.2, 0.25) is 0 Å². The van der Waals surface area contributed by atoms with Crippen LogP contribution in [-0.2, 0) is 12.8 Å². The van der Waals surface area contributed by atoms with Gasteiger partial charge in [0.1, 0.15) is 5.75 Å². The van der Waals surface area contributed by atoms with Crippen molar-refractivity contribution in [3.63, 3.8) is 0 Å². The van der Waals surface area contributed by atoms with Crippen LogP contribution in [0.5, 0.6) is 5.75 Å². The zero-order valence-electron chi connectivity index (χ0n) is 19.3. The third-order valence-corrected chi connectivity index (χ3v) is 5.63. The summed E-state index contributed by atoms with van der Waals surface area (Å²) in [7, 11) is 0. The van der Waals surface area contributed by atoms with Crippen molar-refractivity contribution in [1.29, 1.82) is 0 Å². The summed E-state index contributed by atoms with van der Waals surface area (Å²) < 4.78 is 5.47. The Balaban J connectivity index is 1.52. The smallest absolute Gasteiger partial charge is 0.363 e. The molecule has 2 aromatic carbocycles. The summed E-state index contributed by atoms with van der Waals surface area (Å²) in [5.74, 6) is 0.0320. The van der Waals surface area contributed by atoms with Crippen LogP contribution in [0.15, 0.2) is 60.9 Å². The standard InChI is InChI=1S/C28H34N2O2/c1-3-5-7-8-9-11-23-14-18-25(19-15-23)32-28(31)27-21-29-26(20-30-27)24-16-12-22(13-17-24)10-6-4-2/h12-21H,3-11H2,1-2H3. The topological polar surface area (TPSA) is 52.1 Å². The van der Waals surface area contributed by atoms with Gasteiger partial charge < -0.3 is 4.74 Å². The molecule has 3 rings (SSSR count). The Morgan fingerprint density at radius 3 is 1.97 bits per heavy atom. The highest BCUT2D eigenvalue weighted by Crippen LogP contribution is 2.19. The minimum atomic E-state index is -0.494. The van der Waals surface area contributed by atoms with Gasteiger partial charge in [-0.2, -0.15) is 0 Å². The fraction of sp³-hybridized carbons (Fsp3) is 0.393. The van der Waals surface area contributed by atoms with Crippen molar-refractivity contribution in [2.45, 2.75) is 71.6 Å². The average molecular weight is 431 g/mol. The molecular formula is C28H34N2O2.